The molecule has 1 fully saturated rings. The van der Waals surface area contributed by atoms with Gasteiger partial charge in [-0.05, 0) is 39.9 Å². The maximum atomic E-state index is 13.9. The van der Waals surface area contributed by atoms with Crippen LogP contribution in [-0.2, 0) is 47.7 Å². The number of nitrogens with two attached hydrogens (primary N) is 1. The third kappa shape index (κ3) is 12.0. The molecule has 0 bridgehead atoms. The van der Waals surface area contributed by atoms with E-state index in [1.54, 1.807) is 54.6 Å². The lowest BCUT2D eigenvalue weighted by Crippen LogP contribution is -2.54. The quantitative estimate of drug-likeness (QED) is 0.103. The molecular formula is C39H42ClN4O8P. The van der Waals surface area contributed by atoms with E-state index in [-0.39, 0.29) is 25.9 Å². The highest BCUT2D eigenvalue weighted by Gasteiger charge is 2.37. The van der Waals surface area contributed by atoms with Crippen LogP contribution in [0.15, 0.2) is 109 Å². The molecule has 0 aromatic heterocycles. The van der Waals surface area contributed by atoms with E-state index in [1.807, 2.05) is 54.6 Å². The van der Waals surface area contributed by atoms with Gasteiger partial charge in [0.25, 0.3) is 0 Å². The molecule has 12 nitrogen and oxygen atoms in total. The van der Waals surface area contributed by atoms with E-state index in [0.717, 1.165) is 11.1 Å². The Morgan fingerprint density at radius 1 is 0.774 bits per heavy atom. The molecule has 1 aliphatic rings. The number of amides is 4. The number of alkyl carbamates (subject to hydrolysis) is 1. The molecule has 53 heavy (non-hydrogen) atoms. The Morgan fingerprint density at radius 3 is 1.94 bits per heavy atom. The summed E-state index contributed by atoms with van der Waals surface area (Å²) in [5.74, 6) is -3.82. The molecule has 4 aromatic carbocycles. The van der Waals surface area contributed by atoms with Crippen molar-refractivity contribution in [3.05, 3.63) is 131 Å². The number of carbonyl (C=O) groups is 4. The molecule has 14 heteroatoms. The highest BCUT2D eigenvalue weighted by atomic mass is 35.5. The molecule has 5 atom stereocenters. The number of hydrogen-bond acceptors (Lipinski definition) is 7. The number of rotatable bonds is 16. The first kappa shape index (κ1) is 39.2. The van der Waals surface area contributed by atoms with Gasteiger partial charge in [-0.2, -0.15) is 0 Å². The number of nitrogens with one attached hydrogen (secondary N) is 3. The van der Waals surface area contributed by atoms with Crippen molar-refractivity contribution in [1.82, 2.24) is 16.0 Å². The van der Waals surface area contributed by atoms with Crippen molar-refractivity contribution in [2.45, 2.75) is 49.7 Å². The summed E-state index contributed by atoms with van der Waals surface area (Å²) in [6.07, 6.45) is -1.86. The van der Waals surface area contributed by atoms with Gasteiger partial charge >= 0.3 is 6.09 Å². The second-order valence-corrected chi connectivity index (χ2v) is 15.7. The van der Waals surface area contributed by atoms with Crippen LogP contribution in [0.1, 0.15) is 23.1 Å². The summed E-state index contributed by atoms with van der Waals surface area (Å²) < 4.78 is 24.5. The number of hydrogen-bond donors (Lipinski definition) is 5. The van der Waals surface area contributed by atoms with Crippen molar-refractivity contribution in [3.8, 4) is 11.1 Å². The van der Waals surface area contributed by atoms with Crippen molar-refractivity contribution >= 4 is 42.8 Å². The number of ether oxygens (including phenoxy) is 2. The average molecular weight is 761 g/mol. The first-order valence-corrected chi connectivity index (χ1v) is 19.4. The standard InChI is InChI=1S/C39H42ClN4O8P/c40-31-17-13-28(14-18-31)21-33(37(41)46)43-38(47)34(22-27-11-15-30(16-12-27)29-9-5-2-6-10-29)42-35(45)25-53(49,50)36(23-26-7-3-1-4-8-26)44-39(48)52-32-19-20-51-24-32/h1-18,32-34,36H,19-25H2,(H2,41,46)(H,42,45)(H,43,47)(H,44,48)(H,49,50)/t32?,33-,34-,36?/m0/s1. The van der Waals surface area contributed by atoms with Crippen LogP contribution < -0.4 is 21.7 Å². The van der Waals surface area contributed by atoms with E-state index in [0.29, 0.717) is 34.7 Å². The minimum Gasteiger partial charge on any atom is -0.444 e. The topological polar surface area (TPSA) is 186 Å². The largest absolute Gasteiger partial charge is 0.444 e. The molecule has 0 aliphatic carbocycles. The Hall–Kier alpha value is -5.00. The van der Waals surface area contributed by atoms with Crippen molar-refractivity contribution in [1.29, 1.82) is 0 Å². The van der Waals surface area contributed by atoms with Gasteiger partial charge in [0.1, 0.15) is 30.1 Å². The second-order valence-electron chi connectivity index (χ2n) is 12.8. The van der Waals surface area contributed by atoms with Crippen LogP contribution in [0.25, 0.3) is 11.1 Å². The van der Waals surface area contributed by atoms with Crippen molar-refractivity contribution in [2.24, 2.45) is 5.73 Å². The van der Waals surface area contributed by atoms with E-state index >= 15 is 0 Å². The van der Waals surface area contributed by atoms with Gasteiger partial charge in [-0.25, -0.2) is 4.79 Å². The predicted octanol–water partition coefficient (Wildman–Crippen LogP) is 4.60. The van der Waals surface area contributed by atoms with Crippen LogP contribution in [0.4, 0.5) is 4.79 Å². The number of benzene rings is 4. The SMILES string of the molecule is NC(=O)[C@H](Cc1ccc(Cl)cc1)NC(=O)[C@H](Cc1ccc(-c2ccccc2)cc1)NC(=O)CP(=O)(O)C(Cc1ccccc1)NC(=O)OC1CCOC1. The van der Waals surface area contributed by atoms with Crippen molar-refractivity contribution in [3.63, 3.8) is 0 Å². The minimum absolute atomic E-state index is 0.0176. The molecule has 1 heterocycles. The molecule has 1 aliphatic heterocycles. The lowest BCUT2D eigenvalue weighted by Gasteiger charge is -2.26. The zero-order chi connectivity index (χ0) is 37.8. The van der Waals surface area contributed by atoms with Crippen LogP contribution in [0.2, 0.25) is 5.02 Å². The first-order valence-electron chi connectivity index (χ1n) is 17.1. The van der Waals surface area contributed by atoms with Gasteiger partial charge in [0, 0.05) is 30.7 Å². The van der Waals surface area contributed by atoms with E-state index in [2.05, 4.69) is 16.0 Å². The Labute approximate surface area is 312 Å². The molecule has 6 N–H and O–H groups in total. The third-order valence-electron chi connectivity index (χ3n) is 8.74. The summed E-state index contributed by atoms with van der Waals surface area (Å²) >= 11 is 6.00. The summed E-state index contributed by atoms with van der Waals surface area (Å²) in [5.41, 5.74) is 9.61. The molecule has 0 radical (unpaired) electrons. The van der Waals surface area contributed by atoms with Gasteiger partial charge in [-0.3, -0.25) is 18.9 Å². The van der Waals surface area contributed by atoms with Gasteiger partial charge in [-0.15, -0.1) is 0 Å². The molecule has 0 saturated carbocycles. The number of carbonyl (C=O) groups excluding carboxylic acids is 4. The summed E-state index contributed by atoms with van der Waals surface area (Å²) in [5, 5.41) is 8.23. The summed E-state index contributed by atoms with van der Waals surface area (Å²) in [4.78, 5) is 64.0. The van der Waals surface area contributed by atoms with E-state index in [9.17, 15) is 28.6 Å². The highest BCUT2D eigenvalue weighted by molar-refractivity contribution is 7.59. The number of primary amides is 1. The maximum Gasteiger partial charge on any atom is 0.408 e. The zero-order valence-corrected chi connectivity index (χ0v) is 30.5. The van der Waals surface area contributed by atoms with Gasteiger partial charge in [0.15, 0.2) is 0 Å². The lowest BCUT2D eigenvalue weighted by atomic mass is 9.99. The van der Waals surface area contributed by atoms with Crippen LogP contribution in [0.3, 0.4) is 0 Å². The summed E-state index contributed by atoms with van der Waals surface area (Å²) in [6, 6.07) is 30.1. The number of halogens is 1. The van der Waals surface area contributed by atoms with E-state index < -0.39 is 61.3 Å². The molecule has 278 valence electrons. The van der Waals surface area contributed by atoms with Gasteiger partial charge in [0.05, 0.1) is 13.2 Å². The molecule has 1 saturated heterocycles. The van der Waals surface area contributed by atoms with Crippen LogP contribution in [0, 0.1) is 0 Å². The normalized spacial score (nSPS) is 16.7. The maximum absolute atomic E-state index is 13.9. The van der Waals surface area contributed by atoms with E-state index in [4.69, 9.17) is 26.8 Å². The van der Waals surface area contributed by atoms with E-state index in [1.165, 1.54) is 0 Å². The van der Waals surface area contributed by atoms with Crippen molar-refractivity contribution < 1.29 is 38.1 Å². The molecule has 3 unspecified atom stereocenters. The van der Waals surface area contributed by atoms with Crippen LogP contribution >= 0.6 is 19.0 Å². The molecule has 0 spiro atoms. The minimum atomic E-state index is -4.50. The van der Waals surface area contributed by atoms with Gasteiger partial charge in [-0.1, -0.05) is 109 Å². The summed E-state index contributed by atoms with van der Waals surface area (Å²) in [7, 11) is -4.50. The average Bonchev–Trinajstić information content (AvgIpc) is 3.65. The Balaban J connectivity index is 1.34. The smallest absolute Gasteiger partial charge is 0.408 e. The Bertz CT molecular complexity index is 1890. The van der Waals surface area contributed by atoms with Gasteiger partial charge in [0.2, 0.25) is 25.1 Å². The molecule has 4 amide bonds. The monoisotopic (exact) mass is 760 g/mol. The van der Waals surface area contributed by atoms with Gasteiger partial charge < -0.3 is 36.1 Å². The fraction of sp³-hybridized carbons (Fsp3) is 0.282. The third-order valence-corrected chi connectivity index (χ3v) is 11.0. The fourth-order valence-corrected chi connectivity index (χ4v) is 7.53. The first-order chi connectivity index (χ1) is 25.4. The molecule has 5 rings (SSSR count). The molecular weight excluding hydrogens is 719 g/mol. The highest BCUT2D eigenvalue weighted by Crippen LogP contribution is 2.46. The van der Waals surface area contributed by atoms with Crippen LogP contribution in [-0.4, -0.2) is 72.1 Å². The molecule has 4 aromatic rings. The lowest BCUT2D eigenvalue weighted by molar-refractivity contribution is -0.130. The Morgan fingerprint density at radius 2 is 1.34 bits per heavy atom. The second kappa shape index (κ2) is 18.7. The summed E-state index contributed by atoms with van der Waals surface area (Å²) in [6.45, 7) is 0.641. The zero-order valence-electron chi connectivity index (χ0n) is 28.9. The van der Waals surface area contributed by atoms with Crippen LogP contribution in [0.5, 0.6) is 0 Å². The van der Waals surface area contributed by atoms with Crippen molar-refractivity contribution in [2.75, 3.05) is 19.4 Å². The Kier molecular flexibility index (Phi) is 13.8. The fourth-order valence-electron chi connectivity index (χ4n) is 5.88. The predicted molar refractivity (Wildman–Crippen MR) is 201 cm³/mol.